The number of hydrogen-bond donors (Lipinski definition) is 1. The first kappa shape index (κ1) is 12.6. The van der Waals surface area contributed by atoms with Crippen molar-refractivity contribution in [2.45, 2.75) is 4.90 Å². The molecule has 1 radical (unpaired) electrons. The van der Waals surface area contributed by atoms with Gasteiger partial charge in [-0.1, -0.05) is 12.1 Å². The third kappa shape index (κ3) is 3.18. The van der Waals surface area contributed by atoms with E-state index in [0.717, 1.165) is 12.1 Å². The summed E-state index contributed by atoms with van der Waals surface area (Å²) in [6.07, 6.45) is 0. The van der Waals surface area contributed by atoms with Gasteiger partial charge in [0.25, 0.3) is 10.1 Å². The Balaban J connectivity index is 0.00000121. The van der Waals surface area contributed by atoms with Crippen LogP contribution in [0.15, 0.2) is 29.2 Å². The van der Waals surface area contributed by atoms with Crippen LogP contribution in [-0.4, -0.2) is 13.0 Å². The molecule has 0 bridgehead atoms. The fraction of sp³-hybridized carbons (Fsp3) is 0. The Labute approximate surface area is 110 Å². The van der Waals surface area contributed by atoms with Gasteiger partial charge in [0.1, 0.15) is 10.7 Å². The van der Waals surface area contributed by atoms with Crippen molar-refractivity contribution >= 4 is 10.1 Å². The van der Waals surface area contributed by atoms with Gasteiger partial charge < -0.3 is 0 Å². The van der Waals surface area contributed by atoms with Crippen LogP contribution < -0.4 is 0 Å². The molecule has 1 N–H and O–H groups in total. The fourth-order valence-electron chi connectivity index (χ4n) is 0.654. The summed E-state index contributed by atoms with van der Waals surface area (Å²) < 4.78 is 41.7. The van der Waals surface area contributed by atoms with Gasteiger partial charge in [0.05, 0.1) is 0 Å². The van der Waals surface area contributed by atoms with E-state index in [4.69, 9.17) is 4.55 Å². The molecule has 1 rings (SSSR count). The monoisotopic (exact) mass is 329 g/mol. The molecule has 0 fully saturated rings. The second-order valence-corrected chi connectivity index (χ2v) is 3.30. The summed E-state index contributed by atoms with van der Waals surface area (Å²) in [5.41, 5.74) is 0. The van der Waals surface area contributed by atoms with Crippen LogP contribution in [0.25, 0.3) is 0 Å². The van der Waals surface area contributed by atoms with E-state index in [9.17, 15) is 12.8 Å². The van der Waals surface area contributed by atoms with E-state index >= 15 is 0 Å². The summed E-state index contributed by atoms with van der Waals surface area (Å²) in [6, 6.07) is 4.62. The van der Waals surface area contributed by atoms with E-state index in [0.29, 0.717) is 0 Å². The van der Waals surface area contributed by atoms with Gasteiger partial charge in [-0.2, -0.15) is 8.42 Å². The number of benzene rings is 1. The molecule has 0 amide bonds. The Morgan fingerprint density at radius 1 is 1.25 bits per heavy atom. The molecule has 3 nitrogen and oxygen atoms in total. The van der Waals surface area contributed by atoms with Gasteiger partial charge >= 0.3 is 0 Å². The van der Waals surface area contributed by atoms with Crippen LogP contribution >= 0.6 is 0 Å². The van der Waals surface area contributed by atoms with E-state index in [1.165, 1.54) is 12.1 Å². The number of rotatable bonds is 1. The average molecular weight is 328 g/mol. The average Bonchev–Trinajstić information content (AvgIpc) is 1.86. The molecule has 0 saturated heterocycles. The molecule has 1 aromatic rings. The Hall–Kier alpha value is 0.644. The molecule has 0 aliphatic rings. The summed E-state index contributed by atoms with van der Waals surface area (Å²) in [6.45, 7) is 0. The van der Waals surface area contributed by atoms with Crippen molar-refractivity contribution < 1.29 is 66.7 Å². The first-order chi connectivity index (χ1) is 5.02. The minimum absolute atomic E-state index is 0. The smallest absolute Gasteiger partial charge is 0.282 e. The summed E-state index contributed by atoms with van der Waals surface area (Å²) in [4.78, 5) is -0.694. The Kier molecular flexibility index (Phi) is 5.02. The van der Waals surface area contributed by atoms with Crippen molar-refractivity contribution in [1.82, 2.24) is 0 Å². The second kappa shape index (κ2) is 4.76. The van der Waals surface area contributed by atoms with Gasteiger partial charge in [0, 0.05) is 49.4 Å². The topological polar surface area (TPSA) is 54.4 Å². The van der Waals surface area contributed by atoms with Gasteiger partial charge in [0.2, 0.25) is 0 Å². The van der Waals surface area contributed by atoms with Gasteiger partial charge in [-0.15, -0.1) is 0 Å². The third-order valence-corrected chi connectivity index (χ3v) is 2.00. The zero-order valence-corrected chi connectivity index (χ0v) is 8.98. The normalized spacial score (nSPS) is 10.5. The van der Waals surface area contributed by atoms with Gasteiger partial charge in [-0.25, -0.2) is 4.39 Å². The number of halogens is 1. The largest absolute Gasteiger partial charge is 0.297 e. The fourth-order valence-corrected chi connectivity index (χ4v) is 1.22. The molecule has 0 atom stereocenters. The first-order valence-corrected chi connectivity index (χ1v) is 4.18. The third-order valence-electron chi connectivity index (χ3n) is 1.11. The van der Waals surface area contributed by atoms with E-state index < -0.39 is 20.8 Å². The van der Waals surface area contributed by atoms with Crippen molar-refractivity contribution in [3.05, 3.63) is 30.1 Å². The van der Waals surface area contributed by atoms with E-state index in [-0.39, 0.29) is 49.4 Å². The van der Waals surface area contributed by atoms with Crippen LogP contribution in [0, 0.1) is 55.2 Å². The maximum absolute atomic E-state index is 12.5. The van der Waals surface area contributed by atoms with E-state index in [1.807, 2.05) is 0 Å². The molecular formula is C6H5EuFO3S. The Morgan fingerprint density at radius 3 is 2.08 bits per heavy atom. The molecule has 12 heavy (non-hydrogen) atoms. The molecule has 1 aromatic carbocycles. The molecule has 0 aliphatic heterocycles. The summed E-state index contributed by atoms with van der Waals surface area (Å²) in [5.74, 6) is -0.949. The summed E-state index contributed by atoms with van der Waals surface area (Å²) in [5, 5.41) is 0. The molecule has 0 saturated carbocycles. The van der Waals surface area contributed by atoms with Crippen LogP contribution in [0.2, 0.25) is 0 Å². The first-order valence-electron chi connectivity index (χ1n) is 2.74. The van der Waals surface area contributed by atoms with Crippen LogP contribution in [0.4, 0.5) is 4.39 Å². The second-order valence-electron chi connectivity index (χ2n) is 1.91. The van der Waals surface area contributed by atoms with Crippen molar-refractivity contribution in [1.29, 1.82) is 0 Å². The maximum atomic E-state index is 12.5. The van der Waals surface area contributed by atoms with Crippen molar-refractivity contribution in [2.75, 3.05) is 0 Å². The molecule has 67 valence electrons. The van der Waals surface area contributed by atoms with Crippen molar-refractivity contribution in [3.63, 3.8) is 0 Å². The zero-order chi connectivity index (χ0) is 8.48. The quantitative estimate of drug-likeness (QED) is 0.785. The molecule has 0 spiro atoms. The molecule has 0 aromatic heterocycles. The predicted octanol–water partition coefficient (Wildman–Crippen LogP) is 1.07. The Morgan fingerprint density at radius 2 is 1.75 bits per heavy atom. The van der Waals surface area contributed by atoms with Gasteiger partial charge in [-0.3, -0.25) is 4.55 Å². The maximum Gasteiger partial charge on any atom is 0.297 e. The standard InChI is InChI=1S/C6H5FO3S.Eu/c7-5-3-1-2-4-6(5)11(8,9)10;/h1-4H,(H,8,9,10);. The van der Waals surface area contributed by atoms with Crippen molar-refractivity contribution in [3.8, 4) is 0 Å². The van der Waals surface area contributed by atoms with Crippen LogP contribution in [0.3, 0.4) is 0 Å². The van der Waals surface area contributed by atoms with Crippen LogP contribution in [-0.2, 0) is 10.1 Å². The molecular weight excluding hydrogens is 323 g/mol. The molecule has 6 heteroatoms. The number of hydrogen-bond acceptors (Lipinski definition) is 2. The van der Waals surface area contributed by atoms with Crippen LogP contribution in [0.5, 0.6) is 0 Å². The minimum atomic E-state index is -4.41. The van der Waals surface area contributed by atoms with E-state index in [1.54, 1.807) is 0 Å². The molecule has 0 aliphatic carbocycles. The predicted molar refractivity (Wildman–Crippen MR) is 36.2 cm³/mol. The van der Waals surface area contributed by atoms with Crippen molar-refractivity contribution in [2.24, 2.45) is 0 Å². The van der Waals surface area contributed by atoms with Gasteiger partial charge in [0.15, 0.2) is 0 Å². The molecule has 0 unspecified atom stereocenters. The summed E-state index contributed by atoms with van der Waals surface area (Å²) >= 11 is 0. The van der Waals surface area contributed by atoms with Crippen LogP contribution in [0.1, 0.15) is 0 Å². The summed E-state index contributed by atoms with van der Waals surface area (Å²) in [7, 11) is -4.41. The zero-order valence-electron chi connectivity index (χ0n) is 5.74. The Bertz CT molecular complexity index is 363. The van der Waals surface area contributed by atoms with E-state index in [2.05, 4.69) is 0 Å². The minimum Gasteiger partial charge on any atom is -0.282 e. The molecule has 0 heterocycles. The van der Waals surface area contributed by atoms with Gasteiger partial charge in [-0.05, 0) is 12.1 Å². The SMILES string of the molecule is O=S(=O)(O)c1ccccc1F.[Eu].